The molecule has 1 saturated carbocycles. The topological polar surface area (TPSA) is 75.6 Å². The number of hydrogen-bond acceptors (Lipinski definition) is 4. The van der Waals surface area contributed by atoms with Crippen LogP contribution in [0.4, 0.5) is 0 Å². The predicted molar refractivity (Wildman–Crippen MR) is 75.9 cm³/mol. The van der Waals surface area contributed by atoms with E-state index in [0.717, 1.165) is 18.4 Å². The maximum absolute atomic E-state index is 12.4. The zero-order chi connectivity index (χ0) is 14.8. The molecule has 1 aliphatic carbocycles. The minimum absolute atomic E-state index is 0.231. The van der Waals surface area contributed by atoms with Crippen molar-refractivity contribution in [2.75, 3.05) is 0 Å². The Bertz CT molecular complexity index is 555. The van der Waals surface area contributed by atoms with Gasteiger partial charge < -0.3 is 0 Å². The van der Waals surface area contributed by atoms with Gasteiger partial charge in [0.05, 0.1) is 10.9 Å². The summed E-state index contributed by atoms with van der Waals surface area (Å²) in [5.41, 5.74) is 0.140. The molecule has 0 aliphatic heterocycles. The minimum atomic E-state index is -3.60. The van der Waals surface area contributed by atoms with E-state index in [1.165, 1.54) is 0 Å². The molecular formula is C14H21NO4S. The average molecular weight is 299 g/mol. The first-order chi connectivity index (χ1) is 9.37. The van der Waals surface area contributed by atoms with Crippen molar-refractivity contribution in [1.82, 2.24) is 4.72 Å². The van der Waals surface area contributed by atoms with Crippen LogP contribution in [0, 0.1) is 6.92 Å². The lowest BCUT2D eigenvalue weighted by Gasteiger charge is -2.38. The summed E-state index contributed by atoms with van der Waals surface area (Å²) in [4.78, 5) is 4.80. The van der Waals surface area contributed by atoms with Crippen LogP contribution in [0.15, 0.2) is 29.2 Å². The summed E-state index contributed by atoms with van der Waals surface area (Å²) in [6.07, 6.45) is 3.12. The molecule has 1 aromatic rings. The van der Waals surface area contributed by atoms with Gasteiger partial charge in [0.25, 0.3) is 0 Å². The summed E-state index contributed by atoms with van der Waals surface area (Å²) in [7, 11) is -3.60. The van der Waals surface area contributed by atoms with E-state index in [0.29, 0.717) is 12.8 Å². The fourth-order valence-corrected chi connectivity index (χ4v) is 3.94. The van der Waals surface area contributed by atoms with Crippen molar-refractivity contribution in [3.8, 4) is 0 Å². The van der Waals surface area contributed by atoms with Gasteiger partial charge in [-0.05, 0) is 38.8 Å². The highest BCUT2D eigenvalue weighted by molar-refractivity contribution is 7.89. The summed E-state index contributed by atoms with van der Waals surface area (Å²) in [5, 5.41) is 9.09. The second-order valence-corrected chi connectivity index (χ2v) is 7.35. The lowest BCUT2D eigenvalue weighted by Crippen LogP contribution is -2.53. The number of sulfonamides is 1. The Morgan fingerprint density at radius 3 is 2.55 bits per heavy atom. The number of hydrogen-bond donors (Lipinski definition) is 2. The standard InChI is InChI=1S/C14H21NO4S/c1-11-6-8-12(9-7-11)20(17,18)15-13-5-3-4-10-14(13,2)19-16/h6-9,13,15-16H,3-5,10H2,1-2H3. The zero-order valence-corrected chi connectivity index (χ0v) is 12.6. The van der Waals surface area contributed by atoms with E-state index < -0.39 is 21.7 Å². The lowest BCUT2D eigenvalue weighted by atomic mass is 9.82. The molecule has 1 fully saturated rings. The van der Waals surface area contributed by atoms with Gasteiger partial charge in [-0.15, -0.1) is 0 Å². The summed E-state index contributed by atoms with van der Waals surface area (Å²) in [5.74, 6) is 0. The smallest absolute Gasteiger partial charge is 0.240 e. The van der Waals surface area contributed by atoms with Crippen molar-refractivity contribution in [3.05, 3.63) is 29.8 Å². The van der Waals surface area contributed by atoms with Crippen LogP contribution < -0.4 is 4.72 Å². The molecule has 5 nitrogen and oxygen atoms in total. The van der Waals surface area contributed by atoms with E-state index in [9.17, 15) is 8.42 Å². The Hall–Kier alpha value is -0.950. The predicted octanol–water partition coefficient (Wildman–Crippen LogP) is 2.46. The molecule has 0 saturated heterocycles. The molecule has 2 atom stereocenters. The van der Waals surface area contributed by atoms with Crippen molar-refractivity contribution in [2.45, 2.75) is 56.1 Å². The summed E-state index contributed by atoms with van der Waals surface area (Å²) in [6.45, 7) is 3.64. The highest BCUT2D eigenvalue weighted by Crippen LogP contribution is 2.31. The number of rotatable bonds is 4. The van der Waals surface area contributed by atoms with E-state index >= 15 is 0 Å². The molecule has 0 spiro atoms. The molecular weight excluding hydrogens is 278 g/mol. The third-order valence-electron chi connectivity index (χ3n) is 3.99. The Morgan fingerprint density at radius 1 is 1.30 bits per heavy atom. The van der Waals surface area contributed by atoms with E-state index in [2.05, 4.69) is 9.61 Å². The molecule has 1 aliphatic rings. The third kappa shape index (κ3) is 3.20. The molecule has 6 heteroatoms. The maximum atomic E-state index is 12.4. The van der Waals surface area contributed by atoms with E-state index in [1.54, 1.807) is 31.2 Å². The number of benzene rings is 1. The van der Waals surface area contributed by atoms with Gasteiger partial charge in [-0.1, -0.05) is 30.5 Å². The maximum Gasteiger partial charge on any atom is 0.240 e. The van der Waals surface area contributed by atoms with Crippen LogP contribution in [-0.2, 0) is 14.9 Å². The first-order valence-electron chi connectivity index (χ1n) is 6.79. The number of aryl methyl sites for hydroxylation is 1. The Labute approximate surface area is 119 Å². The van der Waals surface area contributed by atoms with Crippen LogP contribution in [-0.4, -0.2) is 25.3 Å². The minimum Gasteiger partial charge on any atom is -0.251 e. The van der Waals surface area contributed by atoms with Crippen LogP contribution in [0.3, 0.4) is 0 Å². The SMILES string of the molecule is Cc1ccc(S(=O)(=O)NC2CCCCC2(C)OO)cc1. The fraction of sp³-hybridized carbons (Fsp3) is 0.571. The van der Waals surface area contributed by atoms with Gasteiger partial charge >= 0.3 is 0 Å². The number of nitrogens with one attached hydrogen (secondary N) is 1. The lowest BCUT2D eigenvalue weighted by molar-refractivity contribution is -0.329. The van der Waals surface area contributed by atoms with E-state index in [1.807, 2.05) is 6.92 Å². The third-order valence-corrected chi connectivity index (χ3v) is 5.48. The summed E-state index contributed by atoms with van der Waals surface area (Å²) in [6, 6.07) is 6.26. The fourth-order valence-electron chi connectivity index (χ4n) is 2.57. The highest BCUT2D eigenvalue weighted by Gasteiger charge is 2.40. The molecule has 20 heavy (non-hydrogen) atoms. The van der Waals surface area contributed by atoms with Gasteiger partial charge in [-0.25, -0.2) is 18.0 Å². The Kier molecular flexibility index (Phi) is 4.49. The van der Waals surface area contributed by atoms with Crippen molar-refractivity contribution in [3.63, 3.8) is 0 Å². The quantitative estimate of drug-likeness (QED) is 0.661. The van der Waals surface area contributed by atoms with E-state index in [-0.39, 0.29) is 4.90 Å². The molecule has 0 radical (unpaired) electrons. The molecule has 2 unspecified atom stereocenters. The van der Waals surface area contributed by atoms with Crippen LogP contribution in [0.1, 0.15) is 38.2 Å². The van der Waals surface area contributed by atoms with E-state index in [4.69, 9.17) is 5.26 Å². The van der Waals surface area contributed by atoms with Gasteiger partial charge in [0.1, 0.15) is 5.60 Å². The van der Waals surface area contributed by atoms with Crippen molar-refractivity contribution in [1.29, 1.82) is 0 Å². The Balaban J connectivity index is 2.21. The van der Waals surface area contributed by atoms with Crippen molar-refractivity contribution < 1.29 is 18.6 Å². The largest absolute Gasteiger partial charge is 0.251 e. The second kappa shape index (κ2) is 5.81. The molecule has 0 heterocycles. The van der Waals surface area contributed by atoms with Crippen LogP contribution in [0.2, 0.25) is 0 Å². The molecule has 0 aromatic heterocycles. The summed E-state index contributed by atoms with van der Waals surface area (Å²) >= 11 is 0. The molecule has 112 valence electrons. The van der Waals surface area contributed by atoms with Gasteiger partial charge in [0.15, 0.2) is 0 Å². The van der Waals surface area contributed by atoms with Crippen LogP contribution >= 0.6 is 0 Å². The molecule has 2 N–H and O–H groups in total. The first-order valence-corrected chi connectivity index (χ1v) is 8.27. The highest BCUT2D eigenvalue weighted by atomic mass is 32.2. The molecule has 0 amide bonds. The zero-order valence-electron chi connectivity index (χ0n) is 11.8. The second-order valence-electron chi connectivity index (χ2n) is 5.64. The Morgan fingerprint density at radius 2 is 1.95 bits per heavy atom. The average Bonchev–Trinajstić information content (AvgIpc) is 2.42. The summed E-state index contributed by atoms with van der Waals surface area (Å²) < 4.78 is 27.4. The molecule has 2 rings (SSSR count). The van der Waals surface area contributed by atoms with Crippen LogP contribution in [0.25, 0.3) is 0 Å². The normalized spacial score (nSPS) is 27.4. The monoisotopic (exact) mass is 299 g/mol. The first kappa shape index (κ1) is 15.4. The van der Waals surface area contributed by atoms with Crippen LogP contribution in [0.5, 0.6) is 0 Å². The van der Waals surface area contributed by atoms with Crippen molar-refractivity contribution >= 4 is 10.0 Å². The van der Waals surface area contributed by atoms with Gasteiger partial charge in [-0.2, -0.15) is 0 Å². The van der Waals surface area contributed by atoms with Crippen molar-refractivity contribution in [2.24, 2.45) is 0 Å². The van der Waals surface area contributed by atoms with Gasteiger partial charge in [0, 0.05) is 0 Å². The molecule has 0 bridgehead atoms. The van der Waals surface area contributed by atoms with Gasteiger partial charge in [-0.3, -0.25) is 5.26 Å². The molecule has 1 aromatic carbocycles. The van der Waals surface area contributed by atoms with Gasteiger partial charge in [0.2, 0.25) is 10.0 Å².